The summed E-state index contributed by atoms with van der Waals surface area (Å²) >= 11 is 0. The Morgan fingerprint density at radius 3 is 3.00 bits per heavy atom. The van der Waals surface area contributed by atoms with E-state index in [1.807, 2.05) is 0 Å². The lowest BCUT2D eigenvalue weighted by molar-refractivity contribution is 0.0689. The molecule has 0 aromatic carbocycles. The van der Waals surface area contributed by atoms with Crippen LogP contribution >= 0.6 is 0 Å². The van der Waals surface area contributed by atoms with E-state index in [2.05, 4.69) is 10.2 Å². The van der Waals surface area contributed by atoms with Crippen LogP contribution in [0.3, 0.4) is 0 Å². The summed E-state index contributed by atoms with van der Waals surface area (Å²) in [7, 11) is 0. The maximum Gasteiger partial charge on any atom is 0.356 e. The van der Waals surface area contributed by atoms with Crippen LogP contribution in [0.15, 0.2) is 12.3 Å². The summed E-state index contributed by atoms with van der Waals surface area (Å²) < 4.78 is 11.9. The Hall–Kier alpha value is -1.52. The van der Waals surface area contributed by atoms with Crippen molar-refractivity contribution in [2.24, 2.45) is 0 Å². The molecular formula is C6H5FN2O2. The monoisotopic (exact) mass is 156 g/mol. The van der Waals surface area contributed by atoms with Gasteiger partial charge in [-0.3, -0.25) is 0 Å². The zero-order valence-corrected chi connectivity index (χ0v) is 5.49. The largest absolute Gasteiger partial charge is 0.476 e. The fourth-order valence-corrected chi connectivity index (χ4v) is 0.585. The minimum atomic E-state index is -1.20. The average molecular weight is 156 g/mol. The molecule has 1 aromatic heterocycles. The van der Waals surface area contributed by atoms with Gasteiger partial charge in [0.2, 0.25) is 0 Å². The number of alkyl halides is 1. The summed E-state index contributed by atoms with van der Waals surface area (Å²) in [4.78, 5) is 10.2. The van der Waals surface area contributed by atoms with Crippen molar-refractivity contribution in [3.8, 4) is 0 Å². The first-order valence-corrected chi connectivity index (χ1v) is 2.85. The minimum absolute atomic E-state index is 0.220. The van der Waals surface area contributed by atoms with E-state index in [0.717, 1.165) is 6.07 Å². The van der Waals surface area contributed by atoms with E-state index in [1.54, 1.807) is 0 Å². The van der Waals surface area contributed by atoms with Gasteiger partial charge in [-0.05, 0) is 6.07 Å². The third-order valence-corrected chi connectivity index (χ3v) is 1.08. The Bertz CT molecular complexity index is 277. The van der Waals surface area contributed by atoms with Crippen LogP contribution in [0.2, 0.25) is 0 Å². The molecule has 0 fully saturated rings. The molecule has 11 heavy (non-hydrogen) atoms. The third kappa shape index (κ3) is 1.70. The van der Waals surface area contributed by atoms with E-state index in [0.29, 0.717) is 0 Å². The van der Waals surface area contributed by atoms with Crippen LogP contribution in [0.5, 0.6) is 0 Å². The lowest BCUT2D eigenvalue weighted by Gasteiger charge is -1.93. The molecule has 0 bridgehead atoms. The van der Waals surface area contributed by atoms with E-state index in [1.165, 1.54) is 6.20 Å². The van der Waals surface area contributed by atoms with Crippen molar-refractivity contribution in [1.82, 2.24) is 10.2 Å². The van der Waals surface area contributed by atoms with Gasteiger partial charge in [0, 0.05) is 5.56 Å². The first-order valence-electron chi connectivity index (χ1n) is 2.85. The molecule has 0 amide bonds. The number of aromatic carboxylic acids is 1. The summed E-state index contributed by atoms with van der Waals surface area (Å²) in [6.45, 7) is -0.726. The van der Waals surface area contributed by atoms with Crippen molar-refractivity contribution < 1.29 is 14.3 Å². The SMILES string of the molecule is O=C(O)c1cc(CF)cnn1. The number of nitrogens with zero attached hydrogens (tertiary/aromatic N) is 2. The molecule has 1 N–H and O–H groups in total. The molecule has 0 aliphatic rings. The Balaban J connectivity index is 3.01. The highest BCUT2D eigenvalue weighted by Crippen LogP contribution is 2.00. The van der Waals surface area contributed by atoms with Crippen LogP contribution in [-0.2, 0) is 6.67 Å². The molecule has 0 aliphatic heterocycles. The second-order valence-corrected chi connectivity index (χ2v) is 1.89. The van der Waals surface area contributed by atoms with E-state index < -0.39 is 12.6 Å². The molecule has 0 saturated carbocycles. The molecule has 0 radical (unpaired) electrons. The van der Waals surface area contributed by atoms with Gasteiger partial charge in [0.1, 0.15) is 6.67 Å². The molecule has 0 aliphatic carbocycles. The van der Waals surface area contributed by atoms with Gasteiger partial charge in [0.15, 0.2) is 5.69 Å². The van der Waals surface area contributed by atoms with Gasteiger partial charge >= 0.3 is 5.97 Å². The van der Waals surface area contributed by atoms with E-state index in [-0.39, 0.29) is 11.3 Å². The molecule has 1 heterocycles. The lowest BCUT2D eigenvalue weighted by Crippen LogP contribution is -2.02. The summed E-state index contributed by atoms with van der Waals surface area (Å²) in [6.07, 6.45) is 1.19. The van der Waals surface area contributed by atoms with Gasteiger partial charge in [-0.15, -0.1) is 5.10 Å². The van der Waals surface area contributed by atoms with E-state index in [4.69, 9.17) is 5.11 Å². The molecule has 58 valence electrons. The molecule has 0 saturated heterocycles. The molecule has 1 rings (SSSR count). The van der Waals surface area contributed by atoms with Gasteiger partial charge in [0.05, 0.1) is 6.20 Å². The highest BCUT2D eigenvalue weighted by Gasteiger charge is 2.04. The van der Waals surface area contributed by atoms with Crippen LogP contribution in [-0.4, -0.2) is 21.3 Å². The van der Waals surface area contributed by atoms with E-state index >= 15 is 0 Å². The molecule has 0 unspecified atom stereocenters. The number of carboxylic acid groups (broad SMARTS) is 1. The smallest absolute Gasteiger partial charge is 0.356 e. The van der Waals surface area contributed by atoms with Crippen LogP contribution in [0, 0.1) is 0 Å². The van der Waals surface area contributed by atoms with Crippen LogP contribution in [0.1, 0.15) is 16.1 Å². The maximum atomic E-state index is 11.9. The highest BCUT2D eigenvalue weighted by atomic mass is 19.1. The van der Waals surface area contributed by atoms with Crippen molar-refractivity contribution in [3.05, 3.63) is 23.5 Å². The van der Waals surface area contributed by atoms with Gasteiger partial charge in [-0.1, -0.05) is 0 Å². The Labute approximate surface area is 61.7 Å². The summed E-state index contributed by atoms with van der Waals surface area (Å²) in [6, 6.07) is 1.15. The molecular weight excluding hydrogens is 151 g/mol. The zero-order chi connectivity index (χ0) is 8.27. The third-order valence-electron chi connectivity index (χ3n) is 1.08. The number of halogens is 1. The van der Waals surface area contributed by atoms with E-state index in [9.17, 15) is 9.18 Å². The van der Waals surface area contributed by atoms with Gasteiger partial charge < -0.3 is 5.11 Å². The van der Waals surface area contributed by atoms with Gasteiger partial charge in [-0.25, -0.2) is 9.18 Å². The van der Waals surface area contributed by atoms with Crippen LogP contribution < -0.4 is 0 Å². The molecule has 0 atom stereocenters. The number of carboxylic acids is 1. The topological polar surface area (TPSA) is 63.1 Å². The second-order valence-electron chi connectivity index (χ2n) is 1.89. The summed E-state index contributed by atoms with van der Waals surface area (Å²) in [5.41, 5.74) is -0.0162. The highest BCUT2D eigenvalue weighted by molar-refractivity contribution is 5.85. The Morgan fingerprint density at radius 2 is 2.45 bits per heavy atom. The fraction of sp³-hybridized carbons (Fsp3) is 0.167. The lowest BCUT2D eigenvalue weighted by atomic mass is 10.3. The Morgan fingerprint density at radius 1 is 1.73 bits per heavy atom. The molecule has 1 aromatic rings. The minimum Gasteiger partial charge on any atom is -0.476 e. The quantitative estimate of drug-likeness (QED) is 0.682. The van der Waals surface area contributed by atoms with Crippen LogP contribution in [0.25, 0.3) is 0 Å². The number of hydrogen-bond acceptors (Lipinski definition) is 3. The zero-order valence-electron chi connectivity index (χ0n) is 5.49. The first-order chi connectivity index (χ1) is 5.24. The predicted octanol–water partition coefficient (Wildman–Crippen LogP) is 0.644. The standard InChI is InChI=1S/C6H5FN2O2/c7-2-4-1-5(6(10)11)9-8-3-4/h1,3H,2H2,(H,10,11). The first kappa shape index (κ1) is 7.59. The predicted molar refractivity (Wildman–Crippen MR) is 33.8 cm³/mol. The van der Waals surface area contributed by atoms with Gasteiger partial charge in [0.25, 0.3) is 0 Å². The van der Waals surface area contributed by atoms with Crippen molar-refractivity contribution in [2.75, 3.05) is 0 Å². The maximum absolute atomic E-state index is 11.9. The molecule has 5 heteroatoms. The summed E-state index contributed by atoms with van der Waals surface area (Å²) in [5.74, 6) is -1.20. The number of hydrogen-bond donors (Lipinski definition) is 1. The van der Waals surface area contributed by atoms with Crippen molar-refractivity contribution in [2.45, 2.75) is 6.67 Å². The molecule has 0 spiro atoms. The average Bonchev–Trinajstić information content (AvgIpc) is 2.05. The number of aromatic nitrogens is 2. The van der Waals surface area contributed by atoms with Gasteiger partial charge in [-0.2, -0.15) is 5.10 Å². The molecule has 4 nitrogen and oxygen atoms in total. The normalized spacial score (nSPS) is 9.55. The fourth-order valence-electron chi connectivity index (χ4n) is 0.585. The van der Waals surface area contributed by atoms with Crippen molar-refractivity contribution in [3.63, 3.8) is 0 Å². The van der Waals surface area contributed by atoms with Crippen LogP contribution in [0.4, 0.5) is 4.39 Å². The number of carbonyl (C=O) groups is 1. The van der Waals surface area contributed by atoms with Crippen molar-refractivity contribution >= 4 is 5.97 Å². The van der Waals surface area contributed by atoms with Crippen molar-refractivity contribution in [1.29, 1.82) is 0 Å². The summed E-state index contributed by atoms with van der Waals surface area (Å²) in [5, 5.41) is 15.0. The number of rotatable bonds is 2. The Kier molecular flexibility index (Phi) is 2.10. The second kappa shape index (κ2) is 3.05.